The van der Waals surface area contributed by atoms with Crippen molar-refractivity contribution in [3.05, 3.63) is 66.6 Å². The highest BCUT2D eigenvalue weighted by Gasteiger charge is 2.10. The van der Waals surface area contributed by atoms with Gasteiger partial charge >= 0.3 is 8.25 Å². The molecule has 0 aliphatic rings. The summed E-state index contributed by atoms with van der Waals surface area (Å²) in [5.41, 5.74) is 6.53. The summed E-state index contributed by atoms with van der Waals surface area (Å²) in [5.74, 6) is 0. The molecule has 0 atom stereocenters. The van der Waals surface area contributed by atoms with E-state index in [4.69, 9.17) is 9.05 Å². The summed E-state index contributed by atoms with van der Waals surface area (Å²) in [4.78, 5) is 0. The zero-order valence-corrected chi connectivity index (χ0v) is 18.4. The van der Waals surface area contributed by atoms with Gasteiger partial charge < -0.3 is 9.05 Å². The quantitative estimate of drug-likeness (QED) is 0.443. The smallest absolute Gasteiger partial charge is 0.306 e. The van der Waals surface area contributed by atoms with Crippen LogP contribution in [0.3, 0.4) is 0 Å². The molecule has 0 aliphatic heterocycles. The first kappa shape index (κ1) is 19.9. The molecule has 2 rings (SSSR count). The normalized spacial score (nSPS) is 11.3. The van der Waals surface area contributed by atoms with Crippen molar-refractivity contribution in [1.29, 1.82) is 0 Å². The average molecular weight is 476 g/mol. The highest BCUT2D eigenvalue weighted by molar-refractivity contribution is 9.10. The molecule has 24 heavy (non-hydrogen) atoms. The van der Waals surface area contributed by atoms with Gasteiger partial charge in [0.25, 0.3) is 0 Å². The van der Waals surface area contributed by atoms with E-state index in [9.17, 15) is 4.57 Å². The van der Waals surface area contributed by atoms with Crippen molar-refractivity contribution < 1.29 is 13.6 Å². The van der Waals surface area contributed by atoms with Crippen molar-refractivity contribution in [2.45, 2.75) is 40.9 Å². The van der Waals surface area contributed by atoms with E-state index in [1.165, 1.54) is 0 Å². The summed E-state index contributed by atoms with van der Waals surface area (Å²) in [7, 11) is -2.54. The molecule has 0 aliphatic carbocycles. The number of hydrogen-bond donors (Lipinski definition) is 0. The van der Waals surface area contributed by atoms with Gasteiger partial charge in [0.2, 0.25) is 0 Å². The van der Waals surface area contributed by atoms with Crippen LogP contribution >= 0.6 is 40.1 Å². The number of hydrogen-bond acceptors (Lipinski definition) is 3. The van der Waals surface area contributed by atoms with Crippen molar-refractivity contribution in [2.24, 2.45) is 0 Å². The second kappa shape index (κ2) is 8.77. The van der Waals surface area contributed by atoms with Crippen LogP contribution in [-0.4, -0.2) is 0 Å². The Balaban J connectivity index is 1.96. The zero-order valence-electron chi connectivity index (χ0n) is 14.2. The van der Waals surface area contributed by atoms with Crippen molar-refractivity contribution in [3.8, 4) is 0 Å². The Morgan fingerprint density at radius 3 is 1.33 bits per heavy atom. The van der Waals surface area contributed by atoms with Crippen LogP contribution in [0.5, 0.6) is 0 Å². The maximum absolute atomic E-state index is 12.1. The van der Waals surface area contributed by atoms with Gasteiger partial charge in [-0.25, -0.2) is 0 Å². The highest BCUT2D eigenvalue weighted by Crippen LogP contribution is 2.31. The van der Waals surface area contributed by atoms with E-state index < -0.39 is 8.25 Å². The molecule has 0 radical (unpaired) electrons. The summed E-state index contributed by atoms with van der Waals surface area (Å²) in [6.45, 7) is 8.65. The van der Waals surface area contributed by atoms with Gasteiger partial charge in [-0.1, -0.05) is 31.9 Å². The highest BCUT2D eigenvalue weighted by atomic mass is 79.9. The molecular formula is C18H21Br2O3P. The molecule has 0 saturated carbocycles. The van der Waals surface area contributed by atoms with Crippen LogP contribution < -0.4 is 0 Å². The Bertz CT molecular complexity index is 665. The Morgan fingerprint density at radius 1 is 0.750 bits per heavy atom. The monoisotopic (exact) mass is 474 g/mol. The van der Waals surface area contributed by atoms with Gasteiger partial charge in [0, 0.05) is 8.95 Å². The maximum Gasteiger partial charge on any atom is 0.319 e. The van der Waals surface area contributed by atoms with Gasteiger partial charge in [0.15, 0.2) is 0 Å². The molecular weight excluding hydrogens is 455 g/mol. The Labute approximate surface area is 161 Å². The Hall–Kier alpha value is -0.450. The third-order valence-corrected chi connectivity index (χ3v) is 5.67. The standard InChI is InChI=1S/C18H21Br2O3P/c1-11-5-15(19)6-12(2)17(11)9-22-24(21)23-10-18-13(3)7-16(20)8-14(18)4/h5-8,24H,9-10H2,1-4H3. The largest absolute Gasteiger partial charge is 0.319 e. The number of benzene rings is 2. The molecule has 0 heterocycles. The van der Waals surface area contributed by atoms with Crippen LogP contribution in [-0.2, 0) is 26.8 Å². The lowest BCUT2D eigenvalue weighted by Crippen LogP contribution is -1.98. The fourth-order valence-corrected chi connectivity index (χ4v) is 4.62. The van der Waals surface area contributed by atoms with Gasteiger partial charge in [-0.15, -0.1) is 0 Å². The molecule has 0 saturated heterocycles. The van der Waals surface area contributed by atoms with E-state index in [0.717, 1.165) is 42.3 Å². The predicted octanol–water partition coefficient (Wildman–Crippen LogP) is 6.57. The fourth-order valence-electron chi connectivity index (χ4n) is 2.64. The molecule has 6 heteroatoms. The van der Waals surface area contributed by atoms with Gasteiger partial charge in [-0.3, -0.25) is 4.57 Å². The van der Waals surface area contributed by atoms with Crippen molar-refractivity contribution in [2.75, 3.05) is 0 Å². The lowest BCUT2D eigenvalue weighted by Gasteiger charge is -2.13. The SMILES string of the molecule is Cc1cc(Br)cc(C)c1CO[PH](=O)OCc1c(C)cc(Br)cc1C. The summed E-state index contributed by atoms with van der Waals surface area (Å²) >= 11 is 6.94. The molecule has 130 valence electrons. The molecule has 2 aromatic rings. The third-order valence-electron chi connectivity index (χ3n) is 3.99. The second-order valence-corrected chi connectivity index (χ2v) is 8.77. The zero-order chi connectivity index (χ0) is 17.9. The Kier molecular flexibility index (Phi) is 7.26. The minimum absolute atomic E-state index is 0.293. The molecule has 0 bridgehead atoms. The van der Waals surface area contributed by atoms with Crippen LogP contribution in [0.25, 0.3) is 0 Å². The van der Waals surface area contributed by atoms with E-state index in [1.807, 2.05) is 52.0 Å². The van der Waals surface area contributed by atoms with Crippen LogP contribution in [0, 0.1) is 27.7 Å². The lowest BCUT2D eigenvalue weighted by atomic mass is 10.0. The van der Waals surface area contributed by atoms with Crippen LogP contribution in [0.4, 0.5) is 0 Å². The average Bonchev–Trinajstić information content (AvgIpc) is 2.44. The van der Waals surface area contributed by atoms with E-state index in [-0.39, 0.29) is 0 Å². The minimum atomic E-state index is -2.54. The van der Waals surface area contributed by atoms with Gasteiger partial charge in [0.1, 0.15) is 0 Å². The molecule has 0 amide bonds. The lowest BCUT2D eigenvalue weighted by molar-refractivity contribution is 0.212. The first-order chi connectivity index (χ1) is 11.3. The van der Waals surface area contributed by atoms with E-state index in [1.54, 1.807) is 0 Å². The molecule has 0 N–H and O–H groups in total. The van der Waals surface area contributed by atoms with Gasteiger partial charge in [-0.05, 0) is 85.3 Å². The predicted molar refractivity (Wildman–Crippen MR) is 106 cm³/mol. The van der Waals surface area contributed by atoms with Crippen molar-refractivity contribution in [3.63, 3.8) is 0 Å². The van der Waals surface area contributed by atoms with Crippen LogP contribution in [0.15, 0.2) is 33.2 Å². The van der Waals surface area contributed by atoms with Gasteiger partial charge in [-0.2, -0.15) is 0 Å². The van der Waals surface area contributed by atoms with E-state index in [0.29, 0.717) is 13.2 Å². The molecule has 0 fully saturated rings. The number of halogens is 2. The molecule has 0 unspecified atom stereocenters. The molecule has 0 spiro atoms. The maximum atomic E-state index is 12.1. The van der Waals surface area contributed by atoms with E-state index in [2.05, 4.69) is 31.9 Å². The van der Waals surface area contributed by atoms with Crippen LogP contribution in [0.2, 0.25) is 0 Å². The Morgan fingerprint density at radius 2 is 1.04 bits per heavy atom. The summed E-state index contributed by atoms with van der Waals surface area (Å²) in [6, 6.07) is 8.10. The molecule has 0 aromatic heterocycles. The van der Waals surface area contributed by atoms with Crippen LogP contribution in [0.1, 0.15) is 33.4 Å². The molecule has 3 nitrogen and oxygen atoms in total. The minimum Gasteiger partial charge on any atom is -0.306 e. The summed E-state index contributed by atoms with van der Waals surface area (Å²) in [6.07, 6.45) is 0. The summed E-state index contributed by atoms with van der Waals surface area (Å²) in [5, 5.41) is 0. The first-order valence-corrected chi connectivity index (χ1v) is 10.4. The molecule has 2 aromatic carbocycles. The third kappa shape index (κ3) is 5.27. The number of aryl methyl sites for hydroxylation is 4. The fraction of sp³-hybridized carbons (Fsp3) is 0.333. The van der Waals surface area contributed by atoms with Gasteiger partial charge in [0.05, 0.1) is 13.2 Å². The van der Waals surface area contributed by atoms with Crippen molar-refractivity contribution in [1.82, 2.24) is 0 Å². The topological polar surface area (TPSA) is 35.5 Å². The first-order valence-electron chi connectivity index (χ1n) is 7.58. The van der Waals surface area contributed by atoms with E-state index >= 15 is 0 Å². The summed E-state index contributed by atoms with van der Waals surface area (Å²) < 4.78 is 25.1. The van der Waals surface area contributed by atoms with Crippen molar-refractivity contribution >= 4 is 40.1 Å². The second-order valence-electron chi connectivity index (χ2n) is 5.86. The number of rotatable bonds is 6.